The molecule has 0 aliphatic carbocycles. The van der Waals surface area contributed by atoms with E-state index in [1.807, 2.05) is 25.7 Å². The van der Waals surface area contributed by atoms with E-state index in [1.165, 1.54) is 22.8 Å². The minimum absolute atomic E-state index is 0.0499. The molecule has 1 aromatic carbocycles. The highest BCUT2D eigenvalue weighted by atomic mass is 35.5. The SMILES string of the molecule is C=CC(=O)N1CCN2c3nc(=O)n(-c4c(C)ccnc4C(C)C)c4nc(-c5cccc(F)c5F)c(Cl)c(c34)OC[C@H]2C1. The second kappa shape index (κ2) is 10.5. The number of carbonyl (C=O) groups excluding carboxylic acids is 1. The molecule has 1 atom stereocenters. The highest BCUT2D eigenvalue weighted by Crippen LogP contribution is 2.45. The number of pyridine rings is 2. The van der Waals surface area contributed by atoms with Gasteiger partial charge in [-0.1, -0.05) is 38.1 Å². The number of piperazine rings is 1. The van der Waals surface area contributed by atoms with Crippen molar-refractivity contribution in [3.8, 4) is 22.7 Å². The molecule has 0 spiro atoms. The van der Waals surface area contributed by atoms with E-state index in [2.05, 4.69) is 16.5 Å². The van der Waals surface area contributed by atoms with Gasteiger partial charge in [0.25, 0.3) is 0 Å². The van der Waals surface area contributed by atoms with Gasteiger partial charge in [0.1, 0.15) is 22.8 Å². The second-order valence-corrected chi connectivity index (χ2v) is 11.0. The number of anilines is 1. The number of ether oxygens (including phenoxy) is 1. The molecule has 2 aliphatic heterocycles. The summed E-state index contributed by atoms with van der Waals surface area (Å²) >= 11 is 6.87. The van der Waals surface area contributed by atoms with E-state index in [0.29, 0.717) is 42.2 Å². The molecule has 5 heterocycles. The Balaban J connectivity index is 1.71. The number of nitrogens with zero attached hydrogens (tertiary/aromatic N) is 6. The fourth-order valence-electron chi connectivity index (χ4n) is 5.66. The number of rotatable bonds is 4. The highest BCUT2D eigenvalue weighted by Gasteiger charge is 2.37. The van der Waals surface area contributed by atoms with Crippen LogP contribution in [0.25, 0.3) is 28.0 Å². The molecule has 0 saturated carbocycles. The Labute approximate surface area is 245 Å². The highest BCUT2D eigenvalue weighted by molar-refractivity contribution is 6.36. The van der Waals surface area contributed by atoms with Crippen molar-refractivity contribution in [1.82, 2.24) is 24.4 Å². The topological polar surface area (TPSA) is 93.5 Å². The first kappa shape index (κ1) is 27.8. The molecule has 3 aromatic heterocycles. The third-order valence-corrected chi connectivity index (χ3v) is 8.05. The molecule has 0 radical (unpaired) electrons. The summed E-state index contributed by atoms with van der Waals surface area (Å²) < 4.78 is 37.2. The Morgan fingerprint density at radius 2 is 2.00 bits per heavy atom. The van der Waals surface area contributed by atoms with E-state index in [4.69, 9.17) is 21.3 Å². The van der Waals surface area contributed by atoms with E-state index in [9.17, 15) is 14.0 Å². The van der Waals surface area contributed by atoms with Crippen molar-refractivity contribution >= 4 is 34.4 Å². The standard InChI is InChI=1S/C30H27ClF2N6O3/c1-5-20(40)37-11-12-38-17(13-37)14-42-27-21-28(38)36-30(41)39(26-16(4)9-10-34-24(26)15(2)3)29(21)35-25(22(27)31)18-7-6-8-19(32)23(18)33/h5-10,15,17H,1,11-14H2,2-4H3/t17-/m1/s1. The van der Waals surface area contributed by atoms with Gasteiger partial charge in [0, 0.05) is 31.4 Å². The third kappa shape index (κ3) is 4.30. The van der Waals surface area contributed by atoms with Crippen LogP contribution in [0, 0.1) is 18.6 Å². The molecule has 1 saturated heterocycles. The first-order valence-corrected chi connectivity index (χ1v) is 13.9. The normalized spacial score (nSPS) is 16.3. The number of fused-ring (bicyclic) bond motifs is 2. The van der Waals surface area contributed by atoms with Crippen LogP contribution in [0.2, 0.25) is 5.02 Å². The zero-order valence-corrected chi connectivity index (χ0v) is 24.0. The van der Waals surface area contributed by atoms with Crippen molar-refractivity contribution in [1.29, 1.82) is 0 Å². The number of aryl methyl sites for hydroxylation is 1. The minimum atomic E-state index is -1.13. The lowest BCUT2D eigenvalue weighted by Crippen LogP contribution is -2.56. The van der Waals surface area contributed by atoms with Crippen molar-refractivity contribution in [3.05, 3.63) is 81.5 Å². The van der Waals surface area contributed by atoms with Crippen molar-refractivity contribution in [2.45, 2.75) is 32.7 Å². The Bertz CT molecular complexity index is 1840. The van der Waals surface area contributed by atoms with Crippen molar-refractivity contribution in [2.75, 3.05) is 31.1 Å². The molecule has 4 aromatic rings. The van der Waals surface area contributed by atoms with Crippen molar-refractivity contribution in [3.63, 3.8) is 0 Å². The van der Waals surface area contributed by atoms with E-state index in [1.54, 1.807) is 17.2 Å². The lowest BCUT2D eigenvalue weighted by Gasteiger charge is -2.40. The number of carbonyl (C=O) groups is 1. The largest absolute Gasteiger partial charge is 0.489 e. The van der Waals surface area contributed by atoms with Gasteiger partial charge in [0.2, 0.25) is 5.91 Å². The van der Waals surface area contributed by atoms with Crippen LogP contribution in [0.5, 0.6) is 5.75 Å². The zero-order chi connectivity index (χ0) is 29.9. The molecule has 6 rings (SSSR count). The van der Waals surface area contributed by atoms with Crippen LogP contribution < -0.4 is 15.3 Å². The Morgan fingerprint density at radius 1 is 1.21 bits per heavy atom. The summed E-state index contributed by atoms with van der Waals surface area (Å²) in [5.74, 6) is -2.06. The fourth-order valence-corrected chi connectivity index (χ4v) is 5.95. The second-order valence-electron chi connectivity index (χ2n) is 10.6. The molecule has 12 heteroatoms. The summed E-state index contributed by atoms with van der Waals surface area (Å²) in [6.45, 7) is 10.4. The fraction of sp³-hybridized carbons (Fsp3) is 0.300. The number of hydrogen-bond donors (Lipinski definition) is 0. The molecule has 2 aliphatic rings. The van der Waals surface area contributed by atoms with Crippen LogP contribution in [0.3, 0.4) is 0 Å². The van der Waals surface area contributed by atoms with E-state index in [-0.39, 0.29) is 52.2 Å². The lowest BCUT2D eigenvalue weighted by atomic mass is 10.0. The first-order chi connectivity index (χ1) is 20.1. The van der Waals surface area contributed by atoms with Crippen LogP contribution >= 0.6 is 11.6 Å². The number of amides is 1. The summed E-state index contributed by atoms with van der Waals surface area (Å²) in [4.78, 5) is 43.8. The summed E-state index contributed by atoms with van der Waals surface area (Å²) in [5, 5.41) is 0.301. The maximum atomic E-state index is 15.1. The van der Waals surface area contributed by atoms with Crippen LogP contribution in [0.4, 0.5) is 14.6 Å². The van der Waals surface area contributed by atoms with Gasteiger partial charge in [-0.15, -0.1) is 0 Å². The zero-order valence-electron chi connectivity index (χ0n) is 23.2. The van der Waals surface area contributed by atoms with Gasteiger partial charge in [0.15, 0.2) is 23.0 Å². The van der Waals surface area contributed by atoms with Gasteiger partial charge in [-0.3, -0.25) is 9.78 Å². The summed E-state index contributed by atoms with van der Waals surface area (Å²) in [6, 6.07) is 5.12. The molecular formula is C30H27ClF2N6O3. The van der Waals surface area contributed by atoms with Crippen LogP contribution in [0.15, 0.2) is 47.9 Å². The maximum Gasteiger partial charge on any atom is 0.355 e. The molecule has 0 unspecified atom stereocenters. The van der Waals surface area contributed by atoms with E-state index in [0.717, 1.165) is 11.6 Å². The molecule has 9 nitrogen and oxygen atoms in total. The van der Waals surface area contributed by atoms with Gasteiger partial charge >= 0.3 is 5.69 Å². The molecule has 216 valence electrons. The van der Waals surface area contributed by atoms with Crippen LogP contribution in [-0.2, 0) is 4.79 Å². The summed E-state index contributed by atoms with van der Waals surface area (Å²) in [5.41, 5.74) is 1.08. The average molecular weight is 593 g/mol. The third-order valence-electron chi connectivity index (χ3n) is 7.70. The first-order valence-electron chi connectivity index (χ1n) is 13.5. The molecule has 42 heavy (non-hydrogen) atoms. The summed E-state index contributed by atoms with van der Waals surface area (Å²) in [7, 11) is 0. The number of hydrogen-bond acceptors (Lipinski definition) is 7. The van der Waals surface area contributed by atoms with Crippen molar-refractivity contribution in [2.24, 2.45) is 0 Å². The quantitative estimate of drug-likeness (QED) is 0.314. The van der Waals surface area contributed by atoms with E-state index < -0.39 is 17.3 Å². The average Bonchev–Trinajstić information content (AvgIpc) is 3.13. The molecule has 0 bridgehead atoms. The van der Waals surface area contributed by atoms with Gasteiger partial charge in [0.05, 0.1) is 23.1 Å². The molecule has 1 fully saturated rings. The number of halogens is 3. The Hall–Kier alpha value is -4.38. The van der Waals surface area contributed by atoms with Gasteiger partial charge in [-0.25, -0.2) is 23.1 Å². The van der Waals surface area contributed by atoms with Gasteiger partial charge in [-0.2, -0.15) is 4.98 Å². The Kier molecular flexibility index (Phi) is 6.92. The molecular weight excluding hydrogens is 566 g/mol. The number of benzene rings is 1. The monoisotopic (exact) mass is 592 g/mol. The Morgan fingerprint density at radius 3 is 2.74 bits per heavy atom. The van der Waals surface area contributed by atoms with E-state index >= 15 is 4.39 Å². The summed E-state index contributed by atoms with van der Waals surface area (Å²) in [6.07, 6.45) is 2.92. The smallest absolute Gasteiger partial charge is 0.355 e. The van der Waals surface area contributed by atoms with Crippen LogP contribution in [0.1, 0.15) is 31.0 Å². The predicted octanol–water partition coefficient (Wildman–Crippen LogP) is 4.80. The molecule has 0 N–H and O–H groups in total. The maximum absolute atomic E-state index is 15.1. The van der Waals surface area contributed by atoms with Gasteiger partial charge in [-0.05, 0) is 42.7 Å². The number of aromatic nitrogens is 4. The van der Waals surface area contributed by atoms with Crippen LogP contribution in [-0.4, -0.2) is 62.6 Å². The van der Waals surface area contributed by atoms with Gasteiger partial charge < -0.3 is 14.5 Å². The minimum Gasteiger partial charge on any atom is -0.489 e. The van der Waals surface area contributed by atoms with Crippen molar-refractivity contribution < 1.29 is 18.3 Å². The molecule has 1 amide bonds. The lowest BCUT2D eigenvalue weighted by molar-refractivity contribution is -0.126. The predicted molar refractivity (Wildman–Crippen MR) is 156 cm³/mol.